The quantitative estimate of drug-likeness (QED) is 0.837. The molecule has 2 rings (SSSR count). The first-order chi connectivity index (χ1) is 8.74. The molecule has 2 aromatic rings. The first-order valence-corrected chi connectivity index (χ1v) is 6.53. The van der Waals surface area contributed by atoms with Gasteiger partial charge in [0.15, 0.2) is 0 Å². The van der Waals surface area contributed by atoms with Crippen molar-refractivity contribution < 1.29 is 4.74 Å². The fourth-order valence-corrected chi connectivity index (χ4v) is 2.19. The Morgan fingerprint density at radius 1 is 1.39 bits per heavy atom. The lowest BCUT2D eigenvalue weighted by Gasteiger charge is -2.15. The van der Waals surface area contributed by atoms with E-state index in [2.05, 4.69) is 17.2 Å². The Hall–Kier alpha value is -1.48. The second-order valence-electron chi connectivity index (χ2n) is 4.27. The molecule has 0 saturated carbocycles. The molecule has 0 aliphatic carbocycles. The fourth-order valence-electron chi connectivity index (χ4n) is 1.87. The Kier molecular flexibility index (Phi) is 4.26. The maximum absolute atomic E-state index is 5.74. The Labute approximate surface area is 112 Å². The van der Waals surface area contributed by atoms with Crippen LogP contribution in [0.5, 0.6) is 5.75 Å². The van der Waals surface area contributed by atoms with Crippen LogP contribution in [0.1, 0.15) is 13.3 Å². The van der Waals surface area contributed by atoms with Gasteiger partial charge >= 0.3 is 0 Å². The van der Waals surface area contributed by atoms with Crippen molar-refractivity contribution in [1.29, 1.82) is 0 Å². The molecular formula is C14H17ClN2O. The zero-order valence-electron chi connectivity index (χ0n) is 10.6. The highest BCUT2D eigenvalue weighted by Gasteiger charge is 2.06. The van der Waals surface area contributed by atoms with Crippen molar-refractivity contribution in [2.24, 2.45) is 0 Å². The molecule has 3 nitrogen and oxygen atoms in total. The molecular weight excluding hydrogens is 248 g/mol. The summed E-state index contributed by atoms with van der Waals surface area (Å²) in [6, 6.07) is 8.27. The third-order valence-corrected chi connectivity index (χ3v) is 3.12. The fraction of sp³-hybridized carbons (Fsp3) is 0.357. The van der Waals surface area contributed by atoms with Crippen molar-refractivity contribution in [3.8, 4) is 5.75 Å². The molecule has 4 heteroatoms. The number of rotatable bonds is 5. The number of aromatic nitrogens is 1. The van der Waals surface area contributed by atoms with Crippen LogP contribution in [0.25, 0.3) is 10.8 Å². The predicted octanol–water partition coefficient (Wildman–Crippen LogP) is 3.67. The van der Waals surface area contributed by atoms with E-state index < -0.39 is 0 Å². The van der Waals surface area contributed by atoms with Gasteiger partial charge in [0, 0.05) is 23.5 Å². The molecule has 1 atom stereocenters. The zero-order valence-corrected chi connectivity index (χ0v) is 11.4. The van der Waals surface area contributed by atoms with Gasteiger partial charge in [0.1, 0.15) is 11.6 Å². The maximum atomic E-state index is 5.74. The molecule has 0 spiro atoms. The van der Waals surface area contributed by atoms with Gasteiger partial charge in [-0.2, -0.15) is 0 Å². The van der Waals surface area contributed by atoms with Crippen molar-refractivity contribution in [1.82, 2.24) is 4.98 Å². The molecule has 18 heavy (non-hydrogen) atoms. The second kappa shape index (κ2) is 5.91. The summed E-state index contributed by atoms with van der Waals surface area (Å²) in [7, 11) is 1.67. The van der Waals surface area contributed by atoms with E-state index in [1.165, 1.54) is 0 Å². The van der Waals surface area contributed by atoms with E-state index in [9.17, 15) is 0 Å². The van der Waals surface area contributed by atoms with Crippen LogP contribution in [-0.4, -0.2) is 24.0 Å². The van der Waals surface area contributed by atoms with Crippen molar-refractivity contribution in [2.45, 2.75) is 19.4 Å². The van der Waals surface area contributed by atoms with Gasteiger partial charge in [-0.15, -0.1) is 11.6 Å². The van der Waals surface area contributed by atoms with Crippen molar-refractivity contribution in [3.05, 3.63) is 30.5 Å². The molecule has 1 unspecified atom stereocenters. The molecule has 0 fully saturated rings. The minimum Gasteiger partial charge on any atom is -0.497 e. The molecule has 1 heterocycles. The van der Waals surface area contributed by atoms with Gasteiger partial charge in [0.05, 0.1) is 7.11 Å². The highest BCUT2D eigenvalue weighted by molar-refractivity contribution is 6.17. The van der Waals surface area contributed by atoms with Crippen molar-refractivity contribution in [3.63, 3.8) is 0 Å². The summed E-state index contributed by atoms with van der Waals surface area (Å²) in [5.41, 5.74) is 0. The van der Waals surface area contributed by atoms with E-state index in [4.69, 9.17) is 16.3 Å². The van der Waals surface area contributed by atoms with E-state index in [1.54, 1.807) is 13.3 Å². The minimum absolute atomic E-state index is 0.308. The van der Waals surface area contributed by atoms with Crippen LogP contribution < -0.4 is 10.1 Å². The van der Waals surface area contributed by atoms with Gasteiger partial charge in [-0.3, -0.25) is 0 Å². The monoisotopic (exact) mass is 264 g/mol. The number of fused-ring (bicyclic) bond motifs is 1. The molecule has 96 valence electrons. The normalized spacial score (nSPS) is 12.4. The topological polar surface area (TPSA) is 34.1 Å². The number of hydrogen-bond donors (Lipinski definition) is 1. The standard InChI is InChI=1S/C14H17ClN2O/c1-10(5-7-15)17-14-13-4-3-12(18-2)9-11(13)6-8-16-14/h3-4,6,8-10H,5,7H2,1-2H3,(H,16,17). The van der Waals surface area contributed by atoms with Crippen molar-refractivity contribution in [2.75, 3.05) is 18.3 Å². The number of methoxy groups -OCH3 is 1. The molecule has 0 saturated heterocycles. The largest absolute Gasteiger partial charge is 0.497 e. The Bertz CT molecular complexity index is 530. The Morgan fingerprint density at radius 3 is 2.94 bits per heavy atom. The molecule has 1 aromatic carbocycles. The SMILES string of the molecule is COc1ccc2c(NC(C)CCCl)nccc2c1. The summed E-state index contributed by atoms with van der Waals surface area (Å²) in [6.45, 7) is 2.10. The maximum Gasteiger partial charge on any atom is 0.134 e. The number of benzene rings is 1. The number of halogens is 1. The van der Waals surface area contributed by atoms with E-state index in [0.717, 1.165) is 28.8 Å². The lowest BCUT2D eigenvalue weighted by molar-refractivity contribution is 0.415. The van der Waals surface area contributed by atoms with Gasteiger partial charge in [-0.05, 0) is 43.0 Å². The first-order valence-electron chi connectivity index (χ1n) is 6.00. The van der Waals surface area contributed by atoms with E-state index in [1.807, 2.05) is 24.3 Å². The van der Waals surface area contributed by atoms with Crippen LogP contribution in [0.15, 0.2) is 30.5 Å². The van der Waals surface area contributed by atoms with Gasteiger partial charge in [-0.1, -0.05) is 0 Å². The summed E-state index contributed by atoms with van der Waals surface area (Å²) in [6.07, 6.45) is 2.72. The highest BCUT2D eigenvalue weighted by atomic mass is 35.5. The third-order valence-electron chi connectivity index (χ3n) is 2.90. The number of nitrogens with zero attached hydrogens (tertiary/aromatic N) is 1. The summed E-state index contributed by atoms with van der Waals surface area (Å²) in [5, 5.41) is 5.60. The average Bonchev–Trinajstić information content (AvgIpc) is 2.38. The molecule has 0 radical (unpaired) electrons. The third kappa shape index (κ3) is 2.85. The van der Waals surface area contributed by atoms with Gasteiger partial charge in [0.25, 0.3) is 0 Å². The molecule has 0 aliphatic heterocycles. The molecule has 0 amide bonds. The first kappa shape index (κ1) is 13.0. The number of nitrogens with one attached hydrogen (secondary N) is 1. The van der Waals surface area contributed by atoms with E-state index in [-0.39, 0.29) is 0 Å². The van der Waals surface area contributed by atoms with Crippen LogP contribution >= 0.6 is 11.6 Å². The highest BCUT2D eigenvalue weighted by Crippen LogP contribution is 2.25. The van der Waals surface area contributed by atoms with Crippen LogP contribution in [0.3, 0.4) is 0 Å². The van der Waals surface area contributed by atoms with E-state index >= 15 is 0 Å². The number of anilines is 1. The lowest BCUT2D eigenvalue weighted by Crippen LogP contribution is -2.16. The Balaban J connectivity index is 2.33. The van der Waals surface area contributed by atoms with Gasteiger partial charge < -0.3 is 10.1 Å². The van der Waals surface area contributed by atoms with Crippen LogP contribution in [-0.2, 0) is 0 Å². The minimum atomic E-state index is 0.308. The second-order valence-corrected chi connectivity index (χ2v) is 4.65. The summed E-state index contributed by atoms with van der Waals surface area (Å²) in [4.78, 5) is 4.39. The van der Waals surface area contributed by atoms with Gasteiger partial charge in [-0.25, -0.2) is 4.98 Å². The summed E-state index contributed by atoms with van der Waals surface area (Å²) < 4.78 is 5.22. The number of ether oxygens (including phenoxy) is 1. The summed E-state index contributed by atoms with van der Waals surface area (Å²) >= 11 is 5.74. The molecule has 0 bridgehead atoms. The predicted molar refractivity (Wildman–Crippen MR) is 76.7 cm³/mol. The van der Waals surface area contributed by atoms with E-state index in [0.29, 0.717) is 11.9 Å². The van der Waals surface area contributed by atoms with Crippen LogP contribution in [0.4, 0.5) is 5.82 Å². The van der Waals surface area contributed by atoms with Gasteiger partial charge in [0.2, 0.25) is 0 Å². The number of alkyl halides is 1. The van der Waals surface area contributed by atoms with Crippen molar-refractivity contribution >= 4 is 28.2 Å². The Morgan fingerprint density at radius 2 is 2.22 bits per heavy atom. The zero-order chi connectivity index (χ0) is 13.0. The molecule has 0 aliphatic rings. The molecule has 1 N–H and O–H groups in total. The number of hydrogen-bond acceptors (Lipinski definition) is 3. The smallest absolute Gasteiger partial charge is 0.134 e. The number of pyridine rings is 1. The average molecular weight is 265 g/mol. The summed E-state index contributed by atoms with van der Waals surface area (Å²) in [5.74, 6) is 2.40. The lowest BCUT2D eigenvalue weighted by atomic mass is 10.1. The van der Waals surface area contributed by atoms with Crippen LogP contribution in [0.2, 0.25) is 0 Å². The van der Waals surface area contributed by atoms with Crippen LogP contribution in [0, 0.1) is 0 Å². The molecule has 1 aromatic heterocycles.